The van der Waals surface area contributed by atoms with E-state index in [1.807, 2.05) is 6.92 Å². The monoisotopic (exact) mass is 289 g/mol. The van der Waals surface area contributed by atoms with E-state index in [1.54, 1.807) is 6.07 Å². The van der Waals surface area contributed by atoms with Crippen molar-refractivity contribution >= 4 is 0 Å². The van der Waals surface area contributed by atoms with Crippen LogP contribution < -0.4 is 10.1 Å². The SMILES string of the molecule is CCNC(CC)CCCOc1ccccc1C(F)(F)F. The van der Waals surface area contributed by atoms with Crippen LogP contribution in [0.15, 0.2) is 24.3 Å². The van der Waals surface area contributed by atoms with Gasteiger partial charge in [0.1, 0.15) is 5.75 Å². The predicted octanol–water partition coefficient (Wildman–Crippen LogP) is 4.25. The molecule has 0 aliphatic rings. The van der Waals surface area contributed by atoms with Gasteiger partial charge in [-0.15, -0.1) is 0 Å². The number of hydrogen-bond donors (Lipinski definition) is 1. The van der Waals surface area contributed by atoms with Crippen molar-refractivity contribution in [2.45, 2.75) is 45.3 Å². The van der Waals surface area contributed by atoms with Crippen LogP contribution in [0.5, 0.6) is 5.75 Å². The van der Waals surface area contributed by atoms with Crippen molar-refractivity contribution in [2.75, 3.05) is 13.2 Å². The highest BCUT2D eigenvalue weighted by Crippen LogP contribution is 2.35. The number of para-hydroxylation sites is 1. The molecule has 20 heavy (non-hydrogen) atoms. The standard InChI is InChI=1S/C15H22F3NO/c1-3-12(19-4-2)8-7-11-20-14-10-6-5-9-13(14)15(16,17)18/h5-6,9-10,12,19H,3-4,7-8,11H2,1-2H3. The van der Waals surface area contributed by atoms with Gasteiger partial charge in [0.05, 0.1) is 12.2 Å². The quantitative estimate of drug-likeness (QED) is 0.722. The predicted molar refractivity (Wildman–Crippen MR) is 73.9 cm³/mol. The zero-order chi connectivity index (χ0) is 15.0. The molecule has 1 atom stereocenters. The summed E-state index contributed by atoms with van der Waals surface area (Å²) >= 11 is 0. The van der Waals surface area contributed by atoms with Gasteiger partial charge >= 0.3 is 6.18 Å². The summed E-state index contributed by atoms with van der Waals surface area (Å²) in [5.74, 6) is -0.0866. The fraction of sp³-hybridized carbons (Fsp3) is 0.600. The lowest BCUT2D eigenvalue weighted by Gasteiger charge is -2.17. The van der Waals surface area contributed by atoms with E-state index < -0.39 is 11.7 Å². The molecule has 0 aliphatic heterocycles. The van der Waals surface area contributed by atoms with Crippen molar-refractivity contribution in [2.24, 2.45) is 0 Å². The van der Waals surface area contributed by atoms with Crippen LogP contribution in [0.2, 0.25) is 0 Å². The highest BCUT2D eigenvalue weighted by Gasteiger charge is 2.33. The van der Waals surface area contributed by atoms with E-state index in [9.17, 15) is 13.2 Å². The fourth-order valence-corrected chi connectivity index (χ4v) is 2.08. The van der Waals surface area contributed by atoms with E-state index in [2.05, 4.69) is 12.2 Å². The molecule has 0 spiro atoms. The average molecular weight is 289 g/mol. The normalized spacial score (nSPS) is 13.2. The molecule has 0 radical (unpaired) electrons. The summed E-state index contributed by atoms with van der Waals surface area (Å²) < 4.78 is 43.5. The number of halogens is 3. The number of nitrogens with one attached hydrogen (secondary N) is 1. The molecule has 0 amide bonds. The zero-order valence-electron chi connectivity index (χ0n) is 12.0. The third-order valence-electron chi connectivity index (χ3n) is 3.13. The van der Waals surface area contributed by atoms with Gasteiger partial charge in [0, 0.05) is 6.04 Å². The van der Waals surface area contributed by atoms with Gasteiger partial charge in [0.2, 0.25) is 0 Å². The van der Waals surface area contributed by atoms with Crippen LogP contribution in [0.1, 0.15) is 38.7 Å². The van der Waals surface area contributed by atoms with Crippen molar-refractivity contribution in [1.82, 2.24) is 5.32 Å². The summed E-state index contributed by atoms with van der Waals surface area (Å²) in [7, 11) is 0. The van der Waals surface area contributed by atoms with Gasteiger partial charge in [-0.1, -0.05) is 26.0 Å². The second-order valence-electron chi connectivity index (χ2n) is 4.65. The summed E-state index contributed by atoms with van der Waals surface area (Å²) in [6, 6.07) is 5.74. The third-order valence-corrected chi connectivity index (χ3v) is 3.13. The molecule has 2 nitrogen and oxygen atoms in total. The van der Waals surface area contributed by atoms with Gasteiger partial charge in [-0.25, -0.2) is 0 Å². The molecule has 1 N–H and O–H groups in total. The molecule has 0 aromatic heterocycles. The summed E-state index contributed by atoms with van der Waals surface area (Å²) in [6.07, 6.45) is -1.73. The van der Waals surface area contributed by atoms with Gasteiger partial charge in [0.15, 0.2) is 0 Å². The van der Waals surface area contributed by atoms with E-state index in [0.717, 1.165) is 31.9 Å². The Morgan fingerprint density at radius 2 is 1.90 bits per heavy atom. The second-order valence-corrected chi connectivity index (χ2v) is 4.65. The molecule has 0 aliphatic carbocycles. The fourth-order valence-electron chi connectivity index (χ4n) is 2.08. The molecule has 1 rings (SSSR count). The Labute approximate surface area is 118 Å². The van der Waals surface area contributed by atoms with Crippen LogP contribution in [-0.2, 0) is 6.18 Å². The van der Waals surface area contributed by atoms with Crippen molar-refractivity contribution in [3.8, 4) is 5.75 Å². The second kappa shape index (κ2) is 8.15. The zero-order valence-corrected chi connectivity index (χ0v) is 12.0. The number of rotatable bonds is 8. The van der Waals surface area contributed by atoms with Crippen LogP contribution in [0.25, 0.3) is 0 Å². The van der Waals surface area contributed by atoms with E-state index in [4.69, 9.17) is 4.74 Å². The Bertz CT molecular complexity index is 393. The molecule has 0 bridgehead atoms. The van der Waals surface area contributed by atoms with Crippen molar-refractivity contribution < 1.29 is 17.9 Å². The molecule has 1 unspecified atom stereocenters. The van der Waals surface area contributed by atoms with Crippen LogP contribution in [0.4, 0.5) is 13.2 Å². The molecule has 0 heterocycles. The molecule has 5 heteroatoms. The van der Waals surface area contributed by atoms with E-state index in [-0.39, 0.29) is 5.75 Å². The lowest BCUT2D eigenvalue weighted by atomic mass is 10.1. The number of hydrogen-bond acceptors (Lipinski definition) is 2. The minimum atomic E-state index is -4.37. The first-order valence-electron chi connectivity index (χ1n) is 7.01. The van der Waals surface area contributed by atoms with Gasteiger partial charge in [-0.2, -0.15) is 13.2 Å². The molecular formula is C15H22F3NO. The number of benzene rings is 1. The van der Waals surface area contributed by atoms with E-state index in [1.165, 1.54) is 12.1 Å². The highest BCUT2D eigenvalue weighted by atomic mass is 19.4. The molecule has 0 saturated heterocycles. The Hall–Kier alpha value is -1.23. The van der Waals surface area contributed by atoms with Crippen LogP contribution in [-0.4, -0.2) is 19.2 Å². The summed E-state index contributed by atoms with van der Waals surface area (Å²) in [6.45, 7) is 5.33. The van der Waals surface area contributed by atoms with Gasteiger partial charge in [0.25, 0.3) is 0 Å². The minimum Gasteiger partial charge on any atom is -0.493 e. The summed E-state index contributed by atoms with van der Waals surface area (Å²) in [4.78, 5) is 0. The van der Waals surface area contributed by atoms with E-state index >= 15 is 0 Å². The molecule has 1 aromatic rings. The Balaban J connectivity index is 2.46. The average Bonchev–Trinajstić information content (AvgIpc) is 2.41. The van der Waals surface area contributed by atoms with Gasteiger partial charge in [-0.05, 0) is 37.9 Å². The highest BCUT2D eigenvalue weighted by molar-refractivity contribution is 5.35. The summed E-state index contributed by atoms with van der Waals surface area (Å²) in [5.41, 5.74) is -0.710. The maximum atomic E-state index is 12.8. The molecule has 0 saturated carbocycles. The Kier molecular flexibility index (Phi) is 6.85. The first-order valence-corrected chi connectivity index (χ1v) is 7.01. The molecular weight excluding hydrogens is 267 g/mol. The lowest BCUT2D eigenvalue weighted by molar-refractivity contribution is -0.138. The molecule has 1 aromatic carbocycles. The largest absolute Gasteiger partial charge is 0.493 e. The van der Waals surface area contributed by atoms with Gasteiger partial charge < -0.3 is 10.1 Å². The van der Waals surface area contributed by atoms with E-state index in [0.29, 0.717) is 12.6 Å². The van der Waals surface area contributed by atoms with Crippen molar-refractivity contribution in [1.29, 1.82) is 0 Å². The Morgan fingerprint density at radius 1 is 1.20 bits per heavy atom. The first-order chi connectivity index (χ1) is 9.49. The first kappa shape index (κ1) is 16.8. The number of alkyl halides is 3. The van der Waals surface area contributed by atoms with Crippen LogP contribution in [0.3, 0.4) is 0 Å². The Morgan fingerprint density at radius 3 is 2.50 bits per heavy atom. The summed E-state index contributed by atoms with van der Waals surface area (Å²) in [5, 5.41) is 3.33. The smallest absolute Gasteiger partial charge is 0.419 e. The molecule has 0 fully saturated rings. The topological polar surface area (TPSA) is 21.3 Å². The van der Waals surface area contributed by atoms with Crippen molar-refractivity contribution in [3.05, 3.63) is 29.8 Å². The maximum Gasteiger partial charge on any atom is 0.419 e. The third kappa shape index (κ3) is 5.41. The minimum absolute atomic E-state index is 0.0866. The van der Waals surface area contributed by atoms with Gasteiger partial charge in [-0.3, -0.25) is 0 Å². The number of ether oxygens (including phenoxy) is 1. The van der Waals surface area contributed by atoms with Crippen LogP contribution >= 0.6 is 0 Å². The maximum absolute atomic E-state index is 12.8. The molecule has 114 valence electrons. The van der Waals surface area contributed by atoms with Crippen molar-refractivity contribution in [3.63, 3.8) is 0 Å². The lowest BCUT2D eigenvalue weighted by Crippen LogP contribution is -2.28. The van der Waals surface area contributed by atoms with Crippen LogP contribution in [0, 0.1) is 0 Å².